The van der Waals surface area contributed by atoms with Crippen LogP contribution in [0.1, 0.15) is 29.3 Å². The van der Waals surface area contributed by atoms with Crippen LogP contribution in [0.3, 0.4) is 0 Å². The molecule has 1 atom stereocenters. The van der Waals surface area contributed by atoms with Gasteiger partial charge in [0.1, 0.15) is 0 Å². The molecule has 0 bridgehead atoms. The van der Waals surface area contributed by atoms with Gasteiger partial charge in [0.25, 0.3) is 0 Å². The topological polar surface area (TPSA) is 50.3 Å². The normalized spacial score (nSPS) is 19.3. The summed E-state index contributed by atoms with van der Waals surface area (Å²) in [5.41, 5.74) is 2.06. The number of para-hydroxylation sites is 1. The first-order valence-electron chi connectivity index (χ1n) is 8.46. The zero-order valence-electron chi connectivity index (χ0n) is 14.1. The molecule has 0 amide bonds. The maximum atomic E-state index is 13.0. The third kappa shape index (κ3) is 3.21. The van der Waals surface area contributed by atoms with Gasteiger partial charge in [0, 0.05) is 19.0 Å². The molecule has 1 saturated heterocycles. The minimum Gasteiger partial charge on any atom is -0.241 e. The molecule has 0 aliphatic carbocycles. The first kappa shape index (κ1) is 16.7. The number of benzene rings is 2. The molecule has 0 N–H and O–H groups in total. The van der Waals surface area contributed by atoms with Gasteiger partial charge in [-0.05, 0) is 44.0 Å². The van der Waals surface area contributed by atoms with Crippen molar-refractivity contribution >= 4 is 31.6 Å². The van der Waals surface area contributed by atoms with E-state index in [2.05, 4.69) is 6.07 Å². The molecule has 1 aromatic heterocycles. The van der Waals surface area contributed by atoms with E-state index in [4.69, 9.17) is 4.98 Å². The summed E-state index contributed by atoms with van der Waals surface area (Å²) in [5, 5.41) is 1.05. The maximum absolute atomic E-state index is 13.0. The number of piperidine rings is 1. The average Bonchev–Trinajstić information content (AvgIpc) is 3.06. The van der Waals surface area contributed by atoms with E-state index >= 15 is 0 Å². The highest BCUT2D eigenvalue weighted by Gasteiger charge is 2.32. The zero-order valence-corrected chi connectivity index (χ0v) is 15.7. The number of hydrogen-bond acceptors (Lipinski definition) is 4. The molecule has 2 heterocycles. The van der Waals surface area contributed by atoms with E-state index < -0.39 is 10.0 Å². The molecule has 4 rings (SSSR count). The van der Waals surface area contributed by atoms with Gasteiger partial charge in [-0.3, -0.25) is 0 Å². The van der Waals surface area contributed by atoms with Gasteiger partial charge < -0.3 is 0 Å². The standard InChI is InChI=1S/C19H20N2O2S2/c1-14-8-10-16(11-9-14)25(22,23)21-12-4-5-15(13-21)19-20-17-6-2-3-7-18(17)24-19/h2-3,6-11,15H,4-5,12-13H2,1H3. The summed E-state index contributed by atoms with van der Waals surface area (Å²) in [6.45, 7) is 3.05. The SMILES string of the molecule is Cc1ccc(S(=O)(=O)N2CCCC(c3nc4ccccc4s3)C2)cc1. The quantitative estimate of drug-likeness (QED) is 0.693. The van der Waals surface area contributed by atoms with E-state index in [9.17, 15) is 8.42 Å². The molecule has 2 aromatic carbocycles. The Bertz CT molecular complexity index is 961. The summed E-state index contributed by atoms with van der Waals surface area (Å²) in [5.74, 6) is 0.173. The fourth-order valence-electron chi connectivity index (χ4n) is 3.29. The minimum absolute atomic E-state index is 0.173. The molecule has 0 radical (unpaired) electrons. The average molecular weight is 373 g/mol. The number of fused-ring (bicyclic) bond motifs is 1. The summed E-state index contributed by atoms with van der Waals surface area (Å²) in [7, 11) is -3.44. The second kappa shape index (κ2) is 6.52. The first-order chi connectivity index (χ1) is 12.0. The van der Waals surface area contributed by atoms with E-state index in [0.29, 0.717) is 18.0 Å². The van der Waals surface area contributed by atoms with E-state index in [0.717, 1.165) is 33.6 Å². The van der Waals surface area contributed by atoms with Crippen LogP contribution in [0.2, 0.25) is 0 Å². The molecule has 6 heteroatoms. The van der Waals surface area contributed by atoms with Crippen LogP contribution >= 0.6 is 11.3 Å². The van der Waals surface area contributed by atoms with E-state index in [1.165, 1.54) is 0 Å². The number of thiazole rings is 1. The third-order valence-corrected chi connectivity index (χ3v) is 7.78. The Morgan fingerprint density at radius 2 is 1.88 bits per heavy atom. The number of aromatic nitrogens is 1. The predicted octanol–water partition coefficient (Wildman–Crippen LogP) is 4.17. The molecule has 1 fully saturated rings. The van der Waals surface area contributed by atoms with Crippen LogP contribution in [0.4, 0.5) is 0 Å². The number of sulfonamides is 1. The van der Waals surface area contributed by atoms with E-state index in [-0.39, 0.29) is 5.92 Å². The van der Waals surface area contributed by atoms with Crippen molar-refractivity contribution in [2.75, 3.05) is 13.1 Å². The van der Waals surface area contributed by atoms with Crippen molar-refractivity contribution in [1.29, 1.82) is 0 Å². The summed E-state index contributed by atoms with van der Waals surface area (Å²) in [6.07, 6.45) is 1.85. The zero-order chi connectivity index (χ0) is 17.4. The van der Waals surface area contributed by atoms with Crippen LogP contribution < -0.4 is 0 Å². The summed E-state index contributed by atoms with van der Waals surface area (Å²) >= 11 is 1.68. The first-order valence-corrected chi connectivity index (χ1v) is 10.7. The van der Waals surface area contributed by atoms with Crippen molar-refractivity contribution in [3.63, 3.8) is 0 Å². The molecule has 1 unspecified atom stereocenters. The molecular weight excluding hydrogens is 352 g/mol. The Morgan fingerprint density at radius 1 is 1.12 bits per heavy atom. The molecule has 4 nitrogen and oxygen atoms in total. The summed E-state index contributed by atoms with van der Waals surface area (Å²) in [6, 6.07) is 15.2. The highest BCUT2D eigenvalue weighted by molar-refractivity contribution is 7.89. The van der Waals surface area contributed by atoms with Gasteiger partial charge in [-0.25, -0.2) is 13.4 Å². The van der Waals surface area contributed by atoms with Crippen molar-refractivity contribution in [2.24, 2.45) is 0 Å². The van der Waals surface area contributed by atoms with Gasteiger partial charge in [0.2, 0.25) is 10.0 Å². The molecule has 25 heavy (non-hydrogen) atoms. The van der Waals surface area contributed by atoms with Crippen LogP contribution in [-0.4, -0.2) is 30.8 Å². The maximum Gasteiger partial charge on any atom is 0.243 e. The fraction of sp³-hybridized carbons (Fsp3) is 0.316. The summed E-state index contributed by atoms with van der Waals surface area (Å²) in [4.78, 5) is 5.11. The molecule has 130 valence electrons. The monoisotopic (exact) mass is 372 g/mol. The molecule has 1 aliphatic rings. The molecular formula is C19H20N2O2S2. The van der Waals surface area contributed by atoms with Crippen molar-refractivity contribution in [2.45, 2.75) is 30.6 Å². The van der Waals surface area contributed by atoms with Crippen molar-refractivity contribution in [1.82, 2.24) is 9.29 Å². The van der Waals surface area contributed by atoms with Crippen LogP contribution in [0.25, 0.3) is 10.2 Å². The lowest BCUT2D eigenvalue weighted by molar-refractivity contribution is 0.315. The Hall–Kier alpha value is -1.76. The molecule has 1 aliphatic heterocycles. The Kier molecular flexibility index (Phi) is 4.35. The van der Waals surface area contributed by atoms with Crippen LogP contribution in [-0.2, 0) is 10.0 Å². The highest BCUT2D eigenvalue weighted by Crippen LogP contribution is 2.34. The van der Waals surface area contributed by atoms with Crippen LogP contribution in [0.5, 0.6) is 0 Å². The lowest BCUT2D eigenvalue weighted by atomic mass is 10.0. The van der Waals surface area contributed by atoms with Gasteiger partial charge in [0.05, 0.1) is 20.1 Å². The van der Waals surface area contributed by atoms with Crippen molar-refractivity contribution in [3.05, 3.63) is 59.1 Å². The van der Waals surface area contributed by atoms with Crippen LogP contribution in [0, 0.1) is 6.92 Å². The predicted molar refractivity (Wildman–Crippen MR) is 102 cm³/mol. The van der Waals surface area contributed by atoms with Gasteiger partial charge >= 0.3 is 0 Å². The lowest BCUT2D eigenvalue weighted by Gasteiger charge is -2.31. The Morgan fingerprint density at radius 3 is 2.64 bits per heavy atom. The van der Waals surface area contributed by atoms with Crippen LogP contribution in [0.15, 0.2) is 53.4 Å². The van der Waals surface area contributed by atoms with Gasteiger partial charge in [-0.1, -0.05) is 29.8 Å². The highest BCUT2D eigenvalue weighted by atomic mass is 32.2. The van der Waals surface area contributed by atoms with Crippen molar-refractivity contribution in [3.8, 4) is 0 Å². The lowest BCUT2D eigenvalue weighted by Crippen LogP contribution is -2.39. The second-order valence-electron chi connectivity index (χ2n) is 6.54. The van der Waals surface area contributed by atoms with E-state index in [1.807, 2.05) is 37.3 Å². The minimum atomic E-state index is -3.44. The Labute approximate surface area is 152 Å². The van der Waals surface area contributed by atoms with Crippen molar-refractivity contribution < 1.29 is 8.42 Å². The summed E-state index contributed by atoms with van der Waals surface area (Å²) < 4.78 is 28.7. The third-order valence-electron chi connectivity index (χ3n) is 4.70. The number of hydrogen-bond donors (Lipinski definition) is 0. The number of aryl methyl sites for hydroxylation is 1. The number of nitrogens with zero attached hydrogens (tertiary/aromatic N) is 2. The fourth-order valence-corrected chi connectivity index (χ4v) is 5.90. The molecule has 3 aromatic rings. The smallest absolute Gasteiger partial charge is 0.241 e. The number of rotatable bonds is 3. The second-order valence-corrected chi connectivity index (χ2v) is 9.54. The van der Waals surface area contributed by atoms with Gasteiger partial charge in [0.15, 0.2) is 0 Å². The largest absolute Gasteiger partial charge is 0.243 e. The Balaban J connectivity index is 1.61. The van der Waals surface area contributed by atoms with E-state index in [1.54, 1.807) is 27.8 Å². The molecule has 0 spiro atoms. The van der Waals surface area contributed by atoms with Gasteiger partial charge in [-0.15, -0.1) is 11.3 Å². The van der Waals surface area contributed by atoms with Gasteiger partial charge in [-0.2, -0.15) is 4.31 Å². The molecule has 0 saturated carbocycles.